The zero-order chi connectivity index (χ0) is 29.6. The number of nitrogens with zero attached hydrogens (tertiary/aromatic N) is 7. The van der Waals surface area contributed by atoms with Crippen LogP contribution in [0.4, 0.5) is 11.8 Å². The van der Waals surface area contributed by atoms with E-state index in [0.29, 0.717) is 24.0 Å². The summed E-state index contributed by atoms with van der Waals surface area (Å²) < 4.78 is 55.8. The molecule has 6 rings (SSSR count). The van der Waals surface area contributed by atoms with Crippen molar-refractivity contribution < 1.29 is 37.1 Å². The number of anilines is 2. The molecule has 0 bridgehead atoms. The fourth-order valence-electron chi connectivity index (χ4n) is 4.88. The number of rotatable bonds is 10. The van der Waals surface area contributed by atoms with Gasteiger partial charge in [0.1, 0.15) is 30.4 Å². The number of fused-ring (bicyclic) bond motifs is 2. The topological polar surface area (TPSA) is 260 Å². The lowest BCUT2D eigenvalue weighted by molar-refractivity contribution is -0.0384. The van der Waals surface area contributed by atoms with Crippen LogP contribution in [0.3, 0.4) is 0 Å². The molecule has 7 atom stereocenters. The van der Waals surface area contributed by atoms with Crippen molar-refractivity contribution in [1.82, 2.24) is 39.0 Å². The zero-order valence-corrected chi connectivity index (χ0v) is 24.3. The Morgan fingerprint density at radius 3 is 2.64 bits per heavy atom. The third kappa shape index (κ3) is 6.08. The maximum absolute atomic E-state index is 12.8. The molecule has 0 amide bonds. The Bertz CT molecular complexity index is 1740. The number of aromatic nitrogens is 8. The lowest BCUT2D eigenvalue weighted by atomic mass is 10.2. The molecule has 0 radical (unpaired) electrons. The van der Waals surface area contributed by atoms with Gasteiger partial charge in [0.15, 0.2) is 22.6 Å². The summed E-state index contributed by atoms with van der Waals surface area (Å²) in [5, 5.41) is 0. The minimum atomic E-state index is -4.13. The van der Waals surface area contributed by atoms with Crippen molar-refractivity contribution >= 4 is 61.4 Å². The first-order valence-corrected chi connectivity index (χ1v) is 16.5. The van der Waals surface area contributed by atoms with Crippen LogP contribution in [-0.2, 0) is 32.2 Å². The van der Waals surface area contributed by atoms with E-state index in [1.807, 2.05) is 0 Å². The highest BCUT2D eigenvalue weighted by molar-refractivity contribution is 8.44. The predicted molar refractivity (Wildman–Crippen MR) is 149 cm³/mol. The van der Waals surface area contributed by atoms with Crippen LogP contribution in [0.2, 0.25) is 0 Å². The summed E-state index contributed by atoms with van der Waals surface area (Å²) >= 11 is 3.53. The quantitative estimate of drug-likeness (QED) is 0.119. The number of nitrogen functional groups attached to an aromatic ring is 2. The van der Waals surface area contributed by atoms with Gasteiger partial charge in [-0.2, -0.15) is 4.98 Å². The van der Waals surface area contributed by atoms with Gasteiger partial charge < -0.3 is 34.9 Å². The third-order valence-corrected chi connectivity index (χ3v) is 8.49. The van der Waals surface area contributed by atoms with Gasteiger partial charge in [-0.15, -0.1) is 0 Å². The molecule has 0 aromatic carbocycles. The molecule has 0 aliphatic carbocycles. The van der Waals surface area contributed by atoms with E-state index in [1.54, 1.807) is 9.13 Å². The summed E-state index contributed by atoms with van der Waals surface area (Å²) in [5.41, 5.74) is 12.3. The SMILES string of the molecule is Nc1nc2c(ncn2[C@H]2CC[C@@H](CO[PH](=O)O[C@H]3C[C@H](n4cnc5c(N)ncnc54)O[C@@H]3CO[P@](=O)(O)S)O2)c(=O)[nH]1. The van der Waals surface area contributed by atoms with E-state index in [1.165, 1.54) is 19.0 Å². The average Bonchev–Trinajstić information content (AvgIpc) is 3.71. The van der Waals surface area contributed by atoms with Crippen molar-refractivity contribution in [2.75, 3.05) is 24.7 Å². The maximum Gasteiger partial charge on any atom is 0.383 e. The van der Waals surface area contributed by atoms with E-state index < -0.39 is 51.4 Å². The maximum atomic E-state index is 12.8. The summed E-state index contributed by atoms with van der Waals surface area (Å²) in [6.07, 6.45) is 2.13. The highest BCUT2D eigenvalue weighted by Crippen LogP contribution is 2.48. The Kier molecular flexibility index (Phi) is 8.07. The first-order chi connectivity index (χ1) is 20.1. The molecule has 0 saturated carbocycles. The number of imidazole rings is 2. The largest absolute Gasteiger partial charge is 0.383 e. The molecule has 2 fully saturated rings. The number of nitrogens with two attached hydrogens (primary N) is 2. The van der Waals surface area contributed by atoms with Gasteiger partial charge in [0.25, 0.3) is 5.56 Å². The highest BCUT2D eigenvalue weighted by Gasteiger charge is 2.40. The first-order valence-electron chi connectivity index (χ1n) is 12.6. The normalized spacial score (nSPS) is 26.7. The van der Waals surface area contributed by atoms with Crippen LogP contribution >= 0.6 is 27.3 Å². The monoisotopic (exact) mass is 644 g/mol. The van der Waals surface area contributed by atoms with E-state index in [4.69, 9.17) is 34.5 Å². The van der Waals surface area contributed by atoms with Gasteiger partial charge in [-0.25, -0.2) is 24.5 Å². The Balaban J connectivity index is 1.08. The predicted octanol–water partition coefficient (Wildman–Crippen LogP) is 0.927. The van der Waals surface area contributed by atoms with Crippen LogP contribution in [0.15, 0.2) is 23.8 Å². The minimum absolute atomic E-state index is 0.0416. The van der Waals surface area contributed by atoms with Gasteiger partial charge in [-0.1, -0.05) is 12.2 Å². The van der Waals surface area contributed by atoms with E-state index in [2.05, 4.69) is 42.2 Å². The van der Waals surface area contributed by atoms with Crippen LogP contribution in [0, 0.1) is 0 Å². The number of thiol groups is 1. The molecule has 42 heavy (non-hydrogen) atoms. The Morgan fingerprint density at radius 1 is 1.10 bits per heavy atom. The molecule has 0 spiro atoms. The Hall–Kier alpha value is -2.93. The second-order valence-electron chi connectivity index (χ2n) is 9.52. The van der Waals surface area contributed by atoms with Gasteiger partial charge in [0, 0.05) is 6.42 Å². The van der Waals surface area contributed by atoms with Gasteiger partial charge in [-0.3, -0.25) is 28.0 Å². The summed E-state index contributed by atoms with van der Waals surface area (Å²) in [6.45, 7) is -4.54. The Labute approximate surface area is 241 Å². The average molecular weight is 645 g/mol. The molecule has 2 aliphatic heterocycles. The standard InChI is InChI=1S/C20H26N10O9P2S/c21-16-14-17(24-6-23-16)30(7-25-14)13-3-10(11(38-13)5-36-41(33,34)42)39-40(32)35-4-9-1-2-12(37-9)29-8-26-15-18(29)27-20(22)28-19(15)31/h6-13,40H,1-5H2,(H2,21,23,24)(H2,33,34,42)(H3,22,27,28,31)/t9-,10-,11+,12+,13+/m0/s1. The molecule has 226 valence electrons. The van der Waals surface area contributed by atoms with Gasteiger partial charge in [0.05, 0.1) is 38.1 Å². The van der Waals surface area contributed by atoms with E-state index in [0.717, 1.165) is 0 Å². The van der Waals surface area contributed by atoms with Crippen molar-refractivity contribution in [2.45, 2.75) is 50.0 Å². The van der Waals surface area contributed by atoms with Crippen molar-refractivity contribution in [3.63, 3.8) is 0 Å². The fourth-order valence-corrected chi connectivity index (χ4v) is 6.31. The van der Waals surface area contributed by atoms with Crippen LogP contribution < -0.4 is 17.0 Å². The molecule has 6 N–H and O–H groups in total. The second-order valence-corrected chi connectivity index (χ2v) is 13.3. The summed E-state index contributed by atoms with van der Waals surface area (Å²) in [4.78, 5) is 44.5. The first kappa shape index (κ1) is 29.2. The van der Waals surface area contributed by atoms with Crippen molar-refractivity contribution in [2.24, 2.45) is 0 Å². The highest BCUT2D eigenvalue weighted by atomic mass is 32.7. The number of hydrogen-bond acceptors (Lipinski definition) is 15. The fraction of sp³-hybridized carbons (Fsp3) is 0.500. The summed E-state index contributed by atoms with van der Waals surface area (Å²) in [7, 11) is -3.08. The summed E-state index contributed by atoms with van der Waals surface area (Å²) in [6, 6.07) is 0. The molecule has 6 heterocycles. The number of H-pyrrole nitrogens is 1. The van der Waals surface area contributed by atoms with E-state index in [-0.39, 0.29) is 42.6 Å². The lowest BCUT2D eigenvalue weighted by Gasteiger charge is -2.20. The van der Waals surface area contributed by atoms with Crippen LogP contribution in [-0.4, -0.2) is 75.5 Å². The van der Waals surface area contributed by atoms with Crippen LogP contribution in [0.1, 0.15) is 31.7 Å². The lowest BCUT2D eigenvalue weighted by Crippen LogP contribution is -2.27. The minimum Gasteiger partial charge on any atom is -0.382 e. The molecule has 2 saturated heterocycles. The number of nitrogens with one attached hydrogen (secondary N) is 1. The molecule has 1 unspecified atom stereocenters. The van der Waals surface area contributed by atoms with E-state index in [9.17, 15) is 18.8 Å². The van der Waals surface area contributed by atoms with Gasteiger partial charge in [-0.05, 0) is 12.8 Å². The van der Waals surface area contributed by atoms with E-state index >= 15 is 0 Å². The third-order valence-electron chi connectivity index (χ3n) is 6.77. The van der Waals surface area contributed by atoms with Crippen molar-refractivity contribution in [1.29, 1.82) is 0 Å². The molecule has 22 heteroatoms. The van der Waals surface area contributed by atoms with Crippen molar-refractivity contribution in [3.05, 3.63) is 29.3 Å². The molecule has 4 aromatic rings. The second kappa shape index (κ2) is 11.6. The van der Waals surface area contributed by atoms with Crippen LogP contribution in [0.25, 0.3) is 22.3 Å². The zero-order valence-electron chi connectivity index (χ0n) is 21.5. The van der Waals surface area contributed by atoms with Gasteiger partial charge in [0.2, 0.25) is 5.95 Å². The van der Waals surface area contributed by atoms with Gasteiger partial charge >= 0.3 is 15.1 Å². The smallest absolute Gasteiger partial charge is 0.382 e. The Morgan fingerprint density at radius 2 is 1.86 bits per heavy atom. The summed E-state index contributed by atoms with van der Waals surface area (Å²) in [5.74, 6) is 0.144. The number of hydrogen-bond donors (Lipinski definition) is 5. The van der Waals surface area contributed by atoms with Crippen molar-refractivity contribution in [3.8, 4) is 0 Å². The molecule has 2 aliphatic rings. The molecular formula is C20H26N10O9P2S. The molecular weight excluding hydrogens is 618 g/mol. The number of ether oxygens (including phenoxy) is 2. The molecule has 19 nitrogen and oxygen atoms in total. The molecule has 4 aromatic heterocycles. The van der Waals surface area contributed by atoms with Crippen LogP contribution in [0.5, 0.6) is 0 Å². The number of aromatic amines is 1.